The summed E-state index contributed by atoms with van der Waals surface area (Å²) in [5, 5.41) is 3.44. The van der Waals surface area contributed by atoms with E-state index in [1.165, 1.54) is 4.90 Å². The summed E-state index contributed by atoms with van der Waals surface area (Å²) >= 11 is 1.85. The molecule has 2 aromatic carbocycles. The third kappa shape index (κ3) is 4.99. The number of ether oxygens (including phenoxy) is 2. The van der Waals surface area contributed by atoms with Crippen molar-refractivity contribution in [2.75, 3.05) is 26.5 Å². The van der Waals surface area contributed by atoms with Crippen molar-refractivity contribution in [1.82, 2.24) is 5.32 Å². The fraction of sp³-hybridized carbons (Fsp3) is 0.294. The first-order chi connectivity index (χ1) is 10.3. The van der Waals surface area contributed by atoms with Crippen molar-refractivity contribution in [3.05, 3.63) is 54.1 Å². The number of methoxy groups -OCH3 is 2. The third-order valence-electron chi connectivity index (χ3n) is 3.09. The lowest BCUT2D eigenvalue weighted by Gasteiger charge is -2.11. The van der Waals surface area contributed by atoms with Gasteiger partial charge in [-0.1, -0.05) is 18.2 Å². The number of nitrogens with one attached hydrogen (secondary N) is 1. The fourth-order valence-corrected chi connectivity index (χ4v) is 2.83. The number of benzene rings is 2. The van der Waals surface area contributed by atoms with Crippen LogP contribution in [0, 0.1) is 0 Å². The lowest BCUT2D eigenvalue weighted by atomic mass is 10.2. The van der Waals surface area contributed by atoms with Crippen LogP contribution < -0.4 is 14.8 Å². The first-order valence-corrected chi connectivity index (χ1v) is 7.91. The Labute approximate surface area is 130 Å². The zero-order chi connectivity index (χ0) is 14.9. The van der Waals surface area contributed by atoms with Crippen molar-refractivity contribution in [3.63, 3.8) is 0 Å². The highest BCUT2D eigenvalue weighted by Gasteiger charge is 2.04. The molecule has 0 aliphatic carbocycles. The number of rotatable bonds is 8. The largest absolute Gasteiger partial charge is 0.497 e. The lowest BCUT2D eigenvalue weighted by Crippen LogP contribution is -2.17. The Morgan fingerprint density at radius 2 is 1.81 bits per heavy atom. The Balaban J connectivity index is 1.78. The minimum Gasteiger partial charge on any atom is -0.497 e. The maximum Gasteiger partial charge on any atom is 0.123 e. The molecular formula is C17H21NO2S. The highest BCUT2D eigenvalue weighted by atomic mass is 32.2. The number of hydrogen-bond acceptors (Lipinski definition) is 4. The highest BCUT2D eigenvalue weighted by molar-refractivity contribution is 7.99. The third-order valence-corrected chi connectivity index (χ3v) is 4.11. The fourth-order valence-electron chi connectivity index (χ4n) is 2.00. The van der Waals surface area contributed by atoms with Gasteiger partial charge in [0.05, 0.1) is 14.2 Å². The van der Waals surface area contributed by atoms with Gasteiger partial charge in [-0.15, -0.1) is 11.8 Å². The minimum absolute atomic E-state index is 0.774. The Bertz CT molecular complexity index is 546. The predicted molar refractivity (Wildman–Crippen MR) is 88.4 cm³/mol. The van der Waals surface area contributed by atoms with Crippen molar-refractivity contribution >= 4 is 11.8 Å². The van der Waals surface area contributed by atoms with Crippen LogP contribution in [0.25, 0.3) is 0 Å². The van der Waals surface area contributed by atoms with E-state index in [0.29, 0.717) is 0 Å². The summed E-state index contributed by atoms with van der Waals surface area (Å²) in [6, 6.07) is 16.3. The minimum atomic E-state index is 0.774. The molecule has 0 saturated heterocycles. The topological polar surface area (TPSA) is 30.5 Å². The highest BCUT2D eigenvalue weighted by Crippen LogP contribution is 2.23. The predicted octanol–water partition coefficient (Wildman–Crippen LogP) is 3.59. The Morgan fingerprint density at radius 1 is 1.00 bits per heavy atom. The number of thioether (sulfide) groups is 1. The molecule has 2 aromatic rings. The summed E-state index contributed by atoms with van der Waals surface area (Å²) in [6.45, 7) is 1.72. The molecule has 21 heavy (non-hydrogen) atoms. The molecule has 0 aromatic heterocycles. The smallest absolute Gasteiger partial charge is 0.123 e. The van der Waals surface area contributed by atoms with Gasteiger partial charge in [0.2, 0.25) is 0 Å². The van der Waals surface area contributed by atoms with Crippen LogP contribution in [0.2, 0.25) is 0 Å². The van der Waals surface area contributed by atoms with Gasteiger partial charge in [0, 0.05) is 29.3 Å². The van der Waals surface area contributed by atoms with Gasteiger partial charge in [0.1, 0.15) is 11.5 Å². The van der Waals surface area contributed by atoms with E-state index in [4.69, 9.17) is 9.47 Å². The average molecular weight is 303 g/mol. The molecule has 0 radical (unpaired) electrons. The van der Waals surface area contributed by atoms with E-state index in [0.717, 1.165) is 35.9 Å². The molecule has 0 atom stereocenters. The van der Waals surface area contributed by atoms with Crippen LogP contribution in [0.1, 0.15) is 5.56 Å². The summed E-state index contributed by atoms with van der Waals surface area (Å²) in [5.41, 5.74) is 1.11. The van der Waals surface area contributed by atoms with E-state index in [1.807, 2.05) is 36.0 Å². The lowest BCUT2D eigenvalue weighted by molar-refractivity contribution is 0.397. The summed E-state index contributed by atoms with van der Waals surface area (Å²) in [4.78, 5) is 1.30. The van der Waals surface area contributed by atoms with Gasteiger partial charge in [0.15, 0.2) is 0 Å². The molecule has 1 N–H and O–H groups in total. The molecule has 0 fully saturated rings. The van der Waals surface area contributed by atoms with Crippen LogP contribution in [0.5, 0.6) is 11.5 Å². The van der Waals surface area contributed by atoms with Crippen LogP contribution in [0.15, 0.2) is 53.4 Å². The SMILES string of the molecule is COc1ccc(OC)c(CNCCSc2ccccc2)c1. The van der Waals surface area contributed by atoms with Crippen molar-refractivity contribution in [3.8, 4) is 11.5 Å². The molecular weight excluding hydrogens is 282 g/mol. The van der Waals surface area contributed by atoms with Crippen LogP contribution in [0.3, 0.4) is 0 Å². The molecule has 0 aliphatic rings. The van der Waals surface area contributed by atoms with Gasteiger partial charge in [-0.25, -0.2) is 0 Å². The van der Waals surface area contributed by atoms with Gasteiger partial charge in [-0.05, 0) is 30.3 Å². The molecule has 0 saturated carbocycles. The summed E-state index contributed by atoms with van der Waals surface area (Å²) < 4.78 is 10.6. The van der Waals surface area contributed by atoms with E-state index in [9.17, 15) is 0 Å². The quantitative estimate of drug-likeness (QED) is 0.596. The molecule has 0 unspecified atom stereocenters. The molecule has 0 aliphatic heterocycles. The van der Waals surface area contributed by atoms with Crippen LogP contribution in [0.4, 0.5) is 0 Å². The van der Waals surface area contributed by atoms with E-state index in [1.54, 1.807) is 14.2 Å². The first kappa shape index (κ1) is 15.7. The Morgan fingerprint density at radius 3 is 2.52 bits per heavy atom. The van der Waals surface area contributed by atoms with Gasteiger partial charge in [0.25, 0.3) is 0 Å². The molecule has 3 nitrogen and oxygen atoms in total. The van der Waals surface area contributed by atoms with Crippen molar-refractivity contribution in [2.24, 2.45) is 0 Å². The second-order valence-corrected chi connectivity index (χ2v) is 5.68. The second-order valence-electron chi connectivity index (χ2n) is 4.52. The molecule has 0 heterocycles. The Hall–Kier alpha value is -1.65. The molecule has 4 heteroatoms. The molecule has 112 valence electrons. The van der Waals surface area contributed by atoms with E-state index < -0.39 is 0 Å². The molecule has 0 spiro atoms. The standard InChI is InChI=1S/C17H21NO2S/c1-19-15-8-9-17(20-2)14(12-15)13-18-10-11-21-16-6-4-3-5-7-16/h3-9,12,18H,10-11,13H2,1-2H3. The van der Waals surface area contributed by atoms with Crippen molar-refractivity contribution < 1.29 is 9.47 Å². The van der Waals surface area contributed by atoms with Gasteiger partial charge in [-0.3, -0.25) is 0 Å². The number of hydrogen-bond donors (Lipinski definition) is 1. The maximum atomic E-state index is 5.37. The normalized spacial score (nSPS) is 10.4. The van der Waals surface area contributed by atoms with E-state index in [-0.39, 0.29) is 0 Å². The van der Waals surface area contributed by atoms with Gasteiger partial charge < -0.3 is 14.8 Å². The zero-order valence-corrected chi connectivity index (χ0v) is 13.3. The van der Waals surface area contributed by atoms with Crippen molar-refractivity contribution in [1.29, 1.82) is 0 Å². The summed E-state index contributed by atoms with van der Waals surface area (Å²) in [5.74, 6) is 2.78. The van der Waals surface area contributed by atoms with Crippen molar-refractivity contribution in [2.45, 2.75) is 11.4 Å². The molecule has 0 amide bonds. The van der Waals surface area contributed by atoms with Crippen LogP contribution >= 0.6 is 11.8 Å². The first-order valence-electron chi connectivity index (χ1n) is 6.93. The average Bonchev–Trinajstić information content (AvgIpc) is 2.55. The second kappa shape index (κ2) is 8.60. The van der Waals surface area contributed by atoms with Gasteiger partial charge >= 0.3 is 0 Å². The van der Waals surface area contributed by atoms with Crippen LogP contribution in [-0.4, -0.2) is 26.5 Å². The zero-order valence-electron chi connectivity index (χ0n) is 12.5. The van der Waals surface area contributed by atoms with E-state index >= 15 is 0 Å². The monoisotopic (exact) mass is 303 g/mol. The Kier molecular flexibility index (Phi) is 6.44. The maximum absolute atomic E-state index is 5.37. The van der Waals surface area contributed by atoms with Crippen LogP contribution in [-0.2, 0) is 6.54 Å². The summed E-state index contributed by atoms with van der Waals surface area (Å²) in [6.07, 6.45) is 0. The van der Waals surface area contributed by atoms with Gasteiger partial charge in [-0.2, -0.15) is 0 Å². The molecule has 0 bridgehead atoms. The van der Waals surface area contributed by atoms with E-state index in [2.05, 4.69) is 29.6 Å². The summed E-state index contributed by atoms with van der Waals surface area (Å²) in [7, 11) is 3.37. The molecule has 2 rings (SSSR count).